The summed E-state index contributed by atoms with van der Waals surface area (Å²) >= 11 is 0. The van der Waals surface area contributed by atoms with E-state index in [0.29, 0.717) is 31.4 Å². The molecule has 17 heteroatoms. The average molecular weight is 853 g/mol. The second-order valence-electron chi connectivity index (χ2n) is 15.6. The van der Waals surface area contributed by atoms with Crippen molar-refractivity contribution in [1.82, 2.24) is 20.5 Å². The quantitative estimate of drug-likeness (QED) is 0.0719. The van der Waals surface area contributed by atoms with E-state index in [4.69, 9.17) is 24.5 Å². The SMILES string of the molecule is CCCCCCCC(=O)OC1/C=C(C)\C=C\CNC(=O)/C=C\C(C)C(C(C)C)OC(=O)C2C=CCN2C(=O)c2coc(n2)C/C(=N/OCC(=O)NC(CCCCN)C(=O)O)C1. The van der Waals surface area contributed by atoms with Gasteiger partial charge in [-0.25, -0.2) is 14.6 Å². The van der Waals surface area contributed by atoms with Crippen LogP contribution >= 0.6 is 0 Å². The molecule has 3 rings (SSSR count). The van der Waals surface area contributed by atoms with Gasteiger partial charge in [0.15, 0.2) is 12.3 Å². The molecular formula is C44H64N6O11. The van der Waals surface area contributed by atoms with Crippen molar-refractivity contribution < 1.29 is 52.6 Å². The second-order valence-corrected chi connectivity index (χ2v) is 15.6. The van der Waals surface area contributed by atoms with Gasteiger partial charge in [-0.3, -0.25) is 19.2 Å². The Kier molecular flexibility index (Phi) is 21.7. The number of aliphatic carboxylic acids is 1. The van der Waals surface area contributed by atoms with Gasteiger partial charge < -0.3 is 45.1 Å². The first-order chi connectivity index (χ1) is 29.2. The number of carboxylic acid groups (broad SMARTS) is 1. The van der Waals surface area contributed by atoms with Crippen LogP contribution in [0, 0.1) is 11.8 Å². The number of hydrogen-bond acceptors (Lipinski definition) is 13. The third-order valence-electron chi connectivity index (χ3n) is 9.96. The maximum Gasteiger partial charge on any atom is 0.333 e. The molecule has 0 radical (unpaired) electrons. The molecular weight excluding hydrogens is 789 g/mol. The molecule has 0 aliphatic carbocycles. The van der Waals surface area contributed by atoms with Gasteiger partial charge in [0, 0.05) is 31.8 Å². The lowest BCUT2D eigenvalue weighted by atomic mass is 9.94. The first-order valence-corrected chi connectivity index (χ1v) is 21.2. The number of amides is 3. The standard InChI is InChI=1S/C44H64N6O11/c1-6-7-8-9-10-18-40(53)60-33-24-30(4)15-13-22-46-37(51)20-19-31(5)41(29(2)3)61-44(57)36-17-14-23-50(36)42(54)35-27-58-39(48-35)26-32(25-33)49-59-28-38(52)47-34(43(55)56)16-11-12-21-45/h13-15,17,19-20,24,27,29,31,33-34,36,41H,6-12,16,18,21-23,25-26,28,45H2,1-5H3,(H,46,51)(H,47,52)(H,55,56)/b15-13+,20-19-,30-24-,49-32+. The Bertz CT molecular complexity index is 1780. The highest BCUT2D eigenvalue weighted by Crippen LogP contribution is 2.23. The first-order valence-electron chi connectivity index (χ1n) is 21.2. The number of nitrogens with two attached hydrogens (primary N) is 1. The largest absolute Gasteiger partial charge is 0.480 e. The summed E-state index contributed by atoms with van der Waals surface area (Å²) < 4.78 is 17.6. The highest BCUT2D eigenvalue weighted by molar-refractivity contribution is 5.96. The zero-order chi connectivity index (χ0) is 44.7. The van der Waals surface area contributed by atoms with Crippen molar-refractivity contribution in [2.45, 2.75) is 130 Å². The molecule has 61 heavy (non-hydrogen) atoms. The molecule has 2 aliphatic rings. The number of aromatic nitrogens is 1. The molecule has 336 valence electrons. The molecule has 2 aliphatic heterocycles. The Labute approximate surface area is 358 Å². The Morgan fingerprint density at radius 1 is 1.08 bits per heavy atom. The van der Waals surface area contributed by atoms with Gasteiger partial charge in [-0.1, -0.05) is 94.5 Å². The Balaban J connectivity index is 1.97. The van der Waals surface area contributed by atoms with Crippen LogP contribution in [-0.4, -0.2) is 107 Å². The lowest BCUT2D eigenvalue weighted by molar-refractivity contribution is -0.156. The maximum atomic E-state index is 13.8. The number of ether oxygens (including phenoxy) is 2. The van der Waals surface area contributed by atoms with Crippen molar-refractivity contribution in [2.24, 2.45) is 22.7 Å². The molecule has 3 heterocycles. The summed E-state index contributed by atoms with van der Waals surface area (Å²) in [4.78, 5) is 88.8. The number of nitrogens with one attached hydrogen (secondary N) is 2. The number of fused-ring (bicyclic) bond motifs is 3. The van der Waals surface area contributed by atoms with Crippen LogP contribution in [0.15, 0.2) is 63.9 Å². The van der Waals surface area contributed by atoms with Crippen molar-refractivity contribution in [3.63, 3.8) is 0 Å². The number of allylic oxidation sites excluding steroid dienone is 2. The van der Waals surface area contributed by atoms with Gasteiger partial charge in [-0.15, -0.1) is 0 Å². The van der Waals surface area contributed by atoms with E-state index in [2.05, 4.69) is 27.7 Å². The molecule has 0 saturated carbocycles. The number of oxazole rings is 1. The Morgan fingerprint density at radius 3 is 2.57 bits per heavy atom. The summed E-state index contributed by atoms with van der Waals surface area (Å²) in [7, 11) is 0. The average Bonchev–Trinajstić information content (AvgIpc) is 3.90. The van der Waals surface area contributed by atoms with Crippen LogP contribution in [-0.2, 0) is 44.7 Å². The van der Waals surface area contributed by atoms with Crippen molar-refractivity contribution in [1.29, 1.82) is 0 Å². The monoisotopic (exact) mass is 852 g/mol. The van der Waals surface area contributed by atoms with E-state index in [1.165, 1.54) is 17.2 Å². The summed E-state index contributed by atoms with van der Waals surface area (Å²) in [6.07, 6.45) is 17.2. The first kappa shape index (κ1) is 49.8. The van der Waals surface area contributed by atoms with E-state index in [1.54, 1.807) is 43.4 Å². The van der Waals surface area contributed by atoms with Crippen molar-refractivity contribution in [2.75, 3.05) is 26.2 Å². The number of unbranched alkanes of at least 4 members (excludes halogenated alkanes) is 5. The normalized spacial score (nSPS) is 23.6. The van der Waals surface area contributed by atoms with E-state index in [-0.39, 0.29) is 73.8 Å². The number of esters is 2. The maximum absolute atomic E-state index is 13.8. The van der Waals surface area contributed by atoms with Gasteiger partial charge in [-0.2, -0.15) is 0 Å². The van der Waals surface area contributed by atoms with E-state index in [0.717, 1.165) is 25.7 Å². The summed E-state index contributed by atoms with van der Waals surface area (Å²) in [5, 5.41) is 19.0. The van der Waals surface area contributed by atoms with Crippen LogP contribution in [0.4, 0.5) is 0 Å². The summed E-state index contributed by atoms with van der Waals surface area (Å²) in [6, 6.07) is -2.18. The zero-order valence-electron chi connectivity index (χ0n) is 36.1. The van der Waals surface area contributed by atoms with Crippen LogP contribution in [0.3, 0.4) is 0 Å². The number of oxime groups is 1. The minimum absolute atomic E-state index is 0.0441. The van der Waals surface area contributed by atoms with Crippen molar-refractivity contribution in [3.8, 4) is 0 Å². The van der Waals surface area contributed by atoms with Crippen molar-refractivity contribution in [3.05, 3.63) is 66.0 Å². The Hall–Kier alpha value is -5.58. The molecule has 0 fully saturated rings. The fourth-order valence-corrected chi connectivity index (χ4v) is 6.74. The van der Waals surface area contributed by atoms with Gasteiger partial charge in [0.2, 0.25) is 11.8 Å². The molecule has 2 bridgehead atoms. The Morgan fingerprint density at radius 2 is 1.85 bits per heavy atom. The number of cyclic esters (lactones) is 1. The molecule has 0 saturated heterocycles. The molecule has 1 aromatic rings. The van der Waals surface area contributed by atoms with Crippen LogP contribution < -0.4 is 16.4 Å². The van der Waals surface area contributed by atoms with Crippen LogP contribution in [0.5, 0.6) is 0 Å². The summed E-state index contributed by atoms with van der Waals surface area (Å²) in [5.41, 5.74) is 6.36. The van der Waals surface area contributed by atoms with Gasteiger partial charge in [0.25, 0.3) is 11.8 Å². The highest BCUT2D eigenvalue weighted by atomic mass is 16.6. The van der Waals surface area contributed by atoms with E-state index in [1.807, 2.05) is 20.8 Å². The van der Waals surface area contributed by atoms with Crippen LogP contribution in [0.1, 0.15) is 115 Å². The predicted molar refractivity (Wildman–Crippen MR) is 227 cm³/mol. The molecule has 1 aromatic heterocycles. The van der Waals surface area contributed by atoms with Gasteiger partial charge in [0.1, 0.15) is 30.6 Å². The third kappa shape index (κ3) is 17.9. The fraction of sp³-hybridized carbons (Fsp3) is 0.591. The predicted octanol–water partition coefficient (Wildman–Crippen LogP) is 4.72. The summed E-state index contributed by atoms with van der Waals surface area (Å²) in [6.45, 7) is 9.62. The fourth-order valence-electron chi connectivity index (χ4n) is 6.74. The molecule has 17 nitrogen and oxygen atoms in total. The number of hydrogen-bond donors (Lipinski definition) is 4. The van der Waals surface area contributed by atoms with Gasteiger partial charge in [-0.05, 0) is 57.2 Å². The molecule has 5 N–H and O–H groups in total. The van der Waals surface area contributed by atoms with E-state index < -0.39 is 60.6 Å². The lowest BCUT2D eigenvalue weighted by Gasteiger charge is -2.29. The topological polar surface area (TPSA) is 242 Å². The van der Waals surface area contributed by atoms with Crippen LogP contribution in [0.25, 0.3) is 0 Å². The van der Waals surface area contributed by atoms with E-state index >= 15 is 0 Å². The van der Waals surface area contributed by atoms with Crippen molar-refractivity contribution >= 4 is 41.3 Å². The molecule has 5 unspecified atom stereocenters. The highest BCUT2D eigenvalue weighted by Gasteiger charge is 2.36. The van der Waals surface area contributed by atoms with Crippen LogP contribution in [0.2, 0.25) is 0 Å². The minimum Gasteiger partial charge on any atom is -0.480 e. The number of carbonyl (C=O) groups excluding carboxylic acids is 5. The van der Waals surface area contributed by atoms with Gasteiger partial charge in [0.05, 0.1) is 12.1 Å². The number of rotatable bonds is 17. The molecule has 5 atom stereocenters. The number of carboxylic acids is 1. The lowest BCUT2D eigenvalue weighted by Crippen LogP contribution is -2.44. The number of nitrogens with zero attached hydrogens (tertiary/aromatic N) is 3. The summed E-state index contributed by atoms with van der Waals surface area (Å²) in [5.74, 6) is -4.32. The van der Waals surface area contributed by atoms with E-state index in [9.17, 15) is 33.9 Å². The second kappa shape index (κ2) is 26.6. The molecule has 0 aromatic carbocycles. The number of carbonyl (C=O) groups is 6. The molecule has 0 spiro atoms. The molecule has 3 amide bonds. The smallest absolute Gasteiger partial charge is 0.333 e. The van der Waals surface area contributed by atoms with Gasteiger partial charge >= 0.3 is 17.9 Å². The zero-order valence-corrected chi connectivity index (χ0v) is 36.1. The third-order valence-corrected chi connectivity index (χ3v) is 9.96. The minimum atomic E-state index is -1.20.